The summed E-state index contributed by atoms with van der Waals surface area (Å²) in [5, 5.41) is 13.4. The number of pyridine rings is 1. The number of phenols is 1. The summed E-state index contributed by atoms with van der Waals surface area (Å²) in [6.07, 6.45) is 6.46. The van der Waals surface area contributed by atoms with Crippen LogP contribution in [-0.4, -0.2) is 40.1 Å². The van der Waals surface area contributed by atoms with Crippen molar-refractivity contribution in [2.75, 3.05) is 25.8 Å². The molecule has 0 bridgehead atoms. The minimum Gasteiger partial charge on any atom is -0.504 e. The summed E-state index contributed by atoms with van der Waals surface area (Å²) in [6, 6.07) is 15.1. The number of benzene rings is 2. The molecule has 3 heterocycles. The number of nitrogens with zero attached hydrogens (tertiary/aromatic N) is 3. The Morgan fingerprint density at radius 3 is 2.91 bits per heavy atom. The summed E-state index contributed by atoms with van der Waals surface area (Å²) < 4.78 is 18.6. The monoisotopic (exact) mass is 444 g/mol. The Bertz CT molecular complexity index is 1260. The second kappa shape index (κ2) is 9.12. The van der Waals surface area contributed by atoms with E-state index in [1.54, 1.807) is 18.3 Å². The summed E-state index contributed by atoms with van der Waals surface area (Å²) in [5.74, 6) is 2.68. The summed E-state index contributed by atoms with van der Waals surface area (Å²) in [5.41, 5.74) is 3.46. The predicted molar refractivity (Wildman–Crippen MR) is 125 cm³/mol. The molecule has 0 spiro atoms. The first-order chi connectivity index (χ1) is 16.2. The molecule has 0 radical (unpaired) electrons. The van der Waals surface area contributed by atoms with Crippen LogP contribution in [0, 0.1) is 0 Å². The number of fused-ring (bicyclic) bond motifs is 1. The van der Waals surface area contributed by atoms with Gasteiger partial charge < -0.3 is 29.2 Å². The van der Waals surface area contributed by atoms with Gasteiger partial charge in [0.2, 0.25) is 6.79 Å². The van der Waals surface area contributed by atoms with Crippen LogP contribution in [0.2, 0.25) is 0 Å². The molecule has 0 aliphatic carbocycles. The van der Waals surface area contributed by atoms with E-state index in [9.17, 15) is 5.11 Å². The lowest BCUT2D eigenvalue weighted by Crippen LogP contribution is -2.07. The lowest BCUT2D eigenvalue weighted by Gasteiger charge is -2.13. The summed E-state index contributed by atoms with van der Waals surface area (Å²) in [4.78, 5) is 8.90. The highest BCUT2D eigenvalue weighted by Crippen LogP contribution is 2.42. The highest BCUT2D eigenvalue weighted by molar-refractivity contribution is 5.80. The van der Waals surface area contributed by atoms with E-state index in [1.807, 2.05) is 53.5 Å². The molecular formula is C25H24N4O4. The van der Waals surface area contributed by atoms with E-state index in [0.717, 1.165) is 59.2 Å². The van der Waals surface area contributed by atoms with Crippen molar-refractivity contribution < 1.29 is 19.3 Å². The van der Waals surface area contributed by atoms with Crippen LogP contribution >= 0.6 is 0 Å². The molecule has 2 aromatic carbocycles. The molecular weight excluding hydrogens is 420 g/mol. The molecule has 2 aromatic heterocycles. The quantitative estimate of drug-likeness (QED) is 0.385. The molecule has 1 aliphatic rings. The smallest absolute Gasteiger partial charge is 0.231 e. The summed E-state index contributed by atoms with van der Waals surface area (Å²) >= 11 is 0. The number of rotatable bonds is 8. The fraction of sp³-hybridized carbons (Fsp3) is 0.200. The van der Waals surface area contributed by atoms with Crippen molar-refractivity contribution in [2.45, 2.75) is 13.0 Å². The molecule has 33 heavy (non-hydrogen) atoms. The number of methoxy groups -OCH3 is 1. The van der Waals surface area contributed by atoms with Crippen LogP contribution in [-0.2, 0) is 6.54 Å². The third kappa shape index (κ3) is 4.41. The number of aromatic hydroxyl groups is 1. The molecule has 0 saturated carbocycles. The molecule has 0 fully saturated rings. The molecule has 168 valence electrons. The van der Waals surface area contributed by atoms with Crippen molar-refractivity contribution >= 4 is 5.82 Å². The first kappa shape index (κ1) is 20.7. The zero-order chi connectivity index (χ0) is 22.6. The number of hydrogen-bond donors (Lipinski definition) is 2. The maximum absolute atomic E-state index is 10.0. The zero-order valence-electron chi connectivity index (χ0n) is 18.2. The number of imidazole rings is 1. The maximum Gasteiger partial charge on any atom is 0.231 e. The number of para-hydroxylation sites is 1. The van der Waals surface area contributed by atoms with Crippen molar-refractivity contribution in [3.05, 3.63) is 67.3 Å². The van der Waals surface area contributed by atoms with Gasteiger partial charge in [-0.1, -0.05) is 12.1 Å². The molecule has 5 rings (SSSR count). The van der Waals surface area contributed by atoms with Crippen LogP contribution in [0.15, 0.2) is 67.3 Å². The Kier molecular flexibility index (Phi) is 5.72. The van der Waals surface area contributed by atoms with Crippen LogP contribution < -0.4 is 19.5 Å². The average Bonchev–Trinajstić information content (AvgIpc) is 3.54. The van der Waals surface area contributed by atoms with Gasteiger partial charge in [0.25, 0.3) is 0 Å². The van der Waals surface area contributed by atoms with E-state index in [2.05, 4.69) is 10.3 Å². The van der Waals surface area contributed by atoms with Gasteiger partial charge in [0.05, 0.1) is 19.1 Å². The maximum atomic E-state index is 10.0. The van der Waals surface area contributed by atoms with Crippen molar-refractivity contribution in [1.29, 1.82) is 0 Å². The zero-order valence-corrected chi connectivity index (χ0v) is 18.2. The normalized spacial score (nSPS) is 12.0. The van der Waals surface area contributed by atoms with E-state index >= 15 is 0 Å². The Balaban J connectivity index is 1.48. The van der Waals surface area contributed by atoms with E-state index < -0.39 is 0 Å². The third-order valence-corrected chi connectivity index (χ3v) is 5.47. The Hall–Kier alpha value is -4.20. The van der Waals surface area contributed by atoms with Crippen molar-refractivity contribution in [3.8, 4) is 45.4 Å². The highest BCUT2D eigenvalue weighted by Gasteiger charge is 2.19. The van der Waals surface area contributed by atoms with Gasteiger partial charge in [-0.15, -0.1) is 0 Å². The van der Waals surface area contributed by atoms with Crippen molar-refractivity contribution in [2.24, 2.45) is 0 Å². The molecule has 4 aromatic rings. The number of anilines is 1. The fourth-order valence-electron chi connectivity index (χ4n) is 3.82. The molecule has 1 aliphatic heterocycles. The largest absolute Gasteiger partial charge is 0.504 e. The van der Waals surface area contributed by atoms with Crippen LogP contribution in [0.4, 0.5) is 5.82 Å². The first-order valence-corrected chi connectivity index (χ1v) is 10.7. The van der Waals surface area contributed by atoms with E-state index in [-0.39, 0.29) is 12.5 Å². The standard InChI is InChI=1S/C25H24N4O4/c1-31-23-13-17(6-7-21(23)30)20-12-18(19-4-2-5-22-25(19)33-16-32-22)14-24(28-20)27-8-3-10-29-11-9-26-15-29/h2,4-7,9,11-15,30H,3,8,10,16H2,1H3,(H,27,28). The number of hydrogen-bond acceptors (Lipinski definition) is 7. The van der Waals surface area contributed by atoms with Gasteiger partial charge in [0.15, 0.2) is 23.0 Å². The lowest BCUT2D eigenvalue weighted by molar-refractivity contribution is 0.174. The first-order valence-electron chi connectivity index (χ1n) is 10.7. The Morgan fingerprint density at radius 2 is 2.06 bits per heavy atom. The second-order valence-electron chi connectivity index (χ2n) is 7.63. The van der Waals surface area contributed by atoms with Crippen LogP contribution in [0.5, 0.6) is 23.0 Å². The van der Waals surface area contributed by atoms with Crippen molar-refractivity contribution in [3.63, 3.8) is 0 Å². The Morgan fingerprint density at radius 1 is 1.12 bits per heavy atom. The topological polar surface area (TPSA) is 90.7 Å². The van der Waals surface area contributed by atoms with Gasteiger partial charge in [0.1, 0.15) is 5.82 Å². The highest BCUT2D eigenvalue weighted by atomic mass is 16.7. The molecule has 8 nitrogen and oxygen atoms in total. The van der Waals surface area contributed by atoms with E-state index in [1.165, 1.54) is 7.11 Å². The molecule has 0 unspecified atom stereocenters. The van der Waals surface area contributed by atoms with Crippen LogP contribution in [0.3, 0.4) is 0 Å². The fourth-order valence-corrected chi connectivity index (χ4v) is 3.82. The molecule has 8 heteroatoms. The van der Waals surface area contributed by atoms with Crippen molar-refractivity contribution in [1.82, 2.24) is 14.5 Å². The molecule has 0 saturated heterocycles. The third-order valence-electron chi connectivity index (χ3n) is 5.47. The number of aromatic nitrogens is 3. The lowest BCUT2D eigenvalue weighted by atomic mass is 10.0. The van der Waals surface area contributed by atoms with E-state index in [4.69, 9.17) is 19.2 Å². The number of phenolic OH excluding ortho intramolecular Hbond substituents is 1. The second-order valence-corrected chi connectivity index (χ2v) is 7.63. The predicted octanol–water partition coefficient (Wildman–Crippen LogP) is 4.56. The van der Waals surface area contributed by atoms with Gasteiger partial charge in [-0.2, -0.15) is 0 Å². The van der Waals surface area contributed by atoms with Gasteiger partial charge >= 0.3 is 0 Å². The Labute approximate surface area is 191 Å². The average molecular weight is 444 g/mol. The summed E-state index contributed by atoms with van der Waals surface area (Å²) in [6.45, 7) is 1.82. The van der Waals surface area contributed by atoms with Gasteiger partial charge in [-0.3, -0.25) is 0 Å². The molecule has 2 N–H and O–H groups in total. The minimum atomic E-state index is 0.0849. The van der Waals surface area contributed by atoms with Gasteiger partial charge in [-0.05, 0) is 48.4 Å². The van der Waals surface area contributed by atoms with E-state index in [0.29, 0.717) is 5.75 Å². The number of aryl methyl sites for hydroxylation is 1. The molecule has 0 amide bonds. The minimum absolute atomic E-state index is 0.0849. The SMILES string of the molecule is COc1cc(-c2cc(-c3cccc4c3OCO4)cc(NCCCn3ccnc3)n2)ccc1O. The van der Waals surface area contributed by atoms with Crippen LogP contribution in [0.1, 0.15) is 6.42 Å². The molecule has 0 atom stereocenters. The number of nitrogens with one attached hydrogen (secondary N) is 1. The van der Waals surface area contributed by atoms with Gasteiger partial charge in [0, 0.05) is 36.6 Å². The number of ether oxygens (including phenoxy) is 3. The van der Waals surface area contributed by atoms with Crippen LogP contribution in [0.25, 0.3) is 22.4 Å². The van der Waals surface area contributed by atoms with Gasteiger partial charge in [-0.25, -0.2) is 9.97 Å². The summed E-state index contributed by atoms with van der Waals surface area (Å²) in [7, 11) is 1.53.